The van der Waals surface area contributed by atoms with E-state index in [0.717, 1.165) is 0 Å². The molecule has 1 heterocycles. The molecule has 1 unspecified atom stereocenters. The third kappa shape index (κ3) is 2.68. The molecule has 0 aromatic heterocycles. The molecule has 4 rings (SSSR count). The maximum Gasteiger partial charge on any atom is 0.158 e. The fourth-order valence-corrected chi connectivity index (χ4v) is 3.67. The molecule has 1 aliphatic heterocycles. The van der Waals surface area contributed by atoms with Crippen molar-refractivity contribution >= 4 is 0 Å². The Kier molecular flexibility index (Phi) is 4.16. The Bertz CT molecular complexity index is 718. The number of hydrogen-bond donors (Lipinski definition) is 0. The van der Waals surface area contributed by atoms with Crippen LogP contribution in [0.3, 0.4) is 0 Å². The normalized spacial score (nSPS) is 19.8. The van der Waals surface area contributed by atoms with Crippen LogP contribution in [0, 0.1) is 5.92 Å². The van der Waals surface area contributed by atoms with E-state index in [9.17, 15) is 0 Å². The van der Waals surface area contributed by atoms with Crippen LogP contribution in [0.15, 0.2) is 91.0 Å². The van der Waals surface area contributed by atoms with Gasteiger partial charge in [-0.05, 0) is 22.6 Å². The zero-order valence-corrected chi connectivity index (χ0v) is 14.7. The summed E-state index contributed by atoms with van der Waals surface area (Å²) in [5.41, 5.74) is 3.21. The number of benzene rings is 3. The first-order chi connectivity index (χ1) is 12.2. The van der Waals surface area contributed by atoms with E-state index in [-0.39, 0.29) is 6.23 Å². The standard InChI is InChI=1S/C23H23NO/c1-18(2)22-24(25-22)23(19-12-6-3-7-13-19,20-14-8-4-9-15-20)21-16-10-5-11-17-21/h3-18,22H,1-2H3/t22-,24?/m0/s1. The van der Waals surface area contributed by atoms with Crippen molar-refractivity contribution in [2.45, 2.75) is 25.6 Å². The molecule has 3 aromatic carbocycles. The highest BCUT2D eigenvalue weighted by molar-refractivity contribution is 5.49. The molecule has 0 bridgehead atoms. The topological polar surface area (TPSA) is 15.5 Å². The van der Waals surface area contributed by atoms with Gasteiger partial charge in [-0.2, -0.15) is 0 Å². The average Bonchev–Trinajstić information content (AvgIpc) is 3.47. The van der Waals surface area contributed by atoms with Gasteiger partial charge in [-0.25, -0.2) is 0 Å². The third-order valence-corrected chi connectivity index (χ3v) is 4.88. The fourth-order valence-electron chi connectivity index (χ4n) is 3.67. The van der Waals surface area contributed by atoms with E-state index in [2.05, 4.69) is 110 Å². The Morgan fingerprint density at radius 2 is 1.04 bits per heavy atom. The molecule has 0 radical (unpaired) electrons. The maximum absolute atomic E-state index is 6.14. The van der Waals surface area contributed by atoms with Crippen LogP contribution < -0.4 is 0 Å². The van der Waals surface area contributed by atoms with E-state index in [1.807, 2.05) is 0 Å². The van der Waals surface area contributed by atoms with Crippen LogP contribution in [0.4, 0.5) is 0 Å². The first kappa shape index (κ1) is 16.1. The molecule has 2 nitrogen and oxygen atoms in total. The van der Waals surface area contributed by atoms with E-state index >= 15 is 0 Å². The molecule has 0 saturated carbocycles. The lowest BCUT2D eigenvalue weighted by atomic mass is 9.76. The van der Waals surface area contributed by atoms with E-state index in [1.54, 1.807) is 0 Å². The predicted octanol–water partition coefficient (Wildman–Crippen LogP) is 5.21. The van der Waals surface area contributed by atoms with Crippen molar-refractivity contribution in [3.8, 4) is 0 Å². The van der Waals surface area contributed by atoms with Crippen molar-refractivity contribution in [3.05, 3.63) is 108 Å². The van der Waals surface area contributed by atoms with Crippen molar-refractivity contribution in [2.75, 3.05) is 0 Å². The Balaban J connectivity index is 1.99. The second-order valence-corrected chi connectivity index (χ2v) is 6.87. The number of rotatable bonds is 5. The number of hydroxylamine groups is 2. The van der Waals surface area contributed by atoms with E-state index in [0.29, 0.717) is 5.92 Å². The summed E-state index contributed by atoms with van der Waals surface area (Å²) in [5.74, 6) is 0.426. The van der Waals surface area contributed by atoms with Gasteiger partial charge in [-0.1, -0.05) is 105 Å². The van der Waals surface area contributed by atoms with Crippen LogP contribution in [0.25, 0.3) is 0 Å². The van der Waals surface area contributed by atoms with Gasteiger partial charge >= 0.3 is 0 Å². The summed E-state index contributed by atoms with van der Waals surface area (Å²) in [4.78, 5) is 6.14. The predicted molar refractivity (Wildman–Crippen MR) is 101 cm³/mol. The molecule has 0 amide bonds. The summed E-state index contributed by atoms with van der Waals surface area (Å²) in [5, 5.41) is 2.16. The van der Waals surface area contributed by atoms with Gasteiger partial charge in [0.2, 0.25) is 0 Å². The van der Waals surface area contributed by atoms with Crippen LogP contribution in [0.1, 0.15) is 30.5 Å². The lowest BCUT2D eigenvalue weighted by Gasteiger charge is -2.35. The molecule has 0 aliphatic carbocycles. The second kappa shape index (κ2) is 6.47. The Morgan fingerprint density at radius 1 is 0.680 bits per heavy atom. The van der Waals surface area contributed by atoms with Gasteiger partial charge in [-0.15, -0.1) is 5.06 Å². The van der Waals surface area contributed by atoms with Crippen LogP contribution in [0.5, 0.6) is 0 Å². The molecule has 0 N–H and O–H groups in total. The molecule has 2 heteroatoms. The summed E-state index contributed by atoms with van der Waals surface area (Å²) in [6, 6.07) is 32.0. The average molecular weight is 329 g/mol. The summed E-state index contributed by atoms with van der Waals surface area (Å²) >= 11 is 0. The molecule has 126 valence electrons. The van der Waals surface area contributed by atoms with Crippen molar-refractivity contribution in [1.29, 1.82) is 0 Å². The highest BCUT2D eigenvalue weighted by atomic mass is 16.8. The largest absolute Gasteiger partial charge is 0.273 e. The Labute approximate surface area is 149 Å². The second-order valence-electron chi connectivity index (χ2n) is 6.87. The van der Waals surface area contributed by atoms with Gasteiger partial charge in [-0.3, -0.25) is 4.84 Å². The van der Waals surface area contributed by atoms with Gasteiger partial charge in [0.25, 0.3) is 0 Å². The fraction of sp³-hybridized carbons (Fsp3) is 0.217. The van der Waals surface area contributed by atoms with Gasteiger partial charge in [0.05, 0.1) is 0 Å². The van der Waals surface area contributed by atoms with Gasteiger partial charge in [0.15, 0.2) is 6.23 Å². The monoisotopic (exact) mass is 329 g/mol. The minimum Gasteiger partial charge on any atom is -0.273 e. The highest BCUT2D eigenvalue weighted by Crippen LogP contribution is 2.50. The van der Waals surface area contributed by atoms with Crippen LogP contribution >= 0.6 is 0 Å². The first-order valence-electron chi connectivity index (χ1n) is 8.87. The minimum absolute atomic E-state index is 0.112. The molecule has 1 saturated heterocycles. The third-order valence-electron chi connectivity index (χ3n) is 4.88. The smallest absolute Gasteiger partial charge is 0.158 e. The molecule has 1 aliphatic rings. The van der Waals surface area contributed by atoms with Crippen molar-refractivity contribution in [1.82, 2.24) is 5.06 Å². The first-order valence-corrected chi connectivity index (χ1v) is 8.87. The maximum atomic E-state index is 6.14. The molecule has 1 fully saturated rings. The molecule has 0 spiro atoms. The SMILES string of the molecule is CC(C)[C@@H]1ON1C(c1ccccc1)(c1ccccc1)c1ccccc1. The lowest BCUT2D eigenvalue weighted by Crippen LogP contribution is -2.39. The summed E-state index contributed by atoms with van der Waals surface area (Å²) in [6.45, 7) is 4.41. The van der Waals surface area contributed by atoms with E-state index in [1.165, 1.54) is 16.7 Å². The molecule has 3 aromatic rings. The summed E-state index contributed by atoms with van der Waals surface area (Å²) < 4.78 is 0. The van der Waals surface area contributed by atoms with Gasteiger partial charge in [0.1, 0.15) is 5.54 Å². The van der Waals surface area contributed by atoms with E-state index in [4.69, 9.17) is 4.84 Å². The minimum atomic E-state index is -0.446. The van der Waals surface area contributed by atoms with Crippen LogP contribution in [-0.4, -0.2) is 11.3 Å². The number of hydrogen-bond acceptors (Lipinski definition) is 2. The number of nitrogens with zero attached hydrogens (tertiary/aromatic N) is 1. The van der Waals surface area contributed by atoms with E-state index < -0.39 is 5.54 Å². The Hall–Kier alpha value is -2.42. The van der Waals surface area contributed by atoms with Crippen LogP contribution in [0.2, 0.25) is 0 Å². The van der Waals surface area contributed by atoms with Crippen LogP contribution in [-0.2, 0) is 10.4 Å². The lowest BCUT2D eigenvalue weighted by molar-refractivity contribution is 0.116. The highest BCUT2D eigenvalue weighted by Gasteiger charge is 2.56. The Morgan fingerprint density at radius 3 is 1.32 bits per heavy atom. The molecular formula is C23H23NO. The zero-order valence-electron chi connectivity index (χ0n) is 14.7. The van der Waals surface area contributed by atoms with Gasteiger partial charge < -0.3 is 0 Å². The summed E-state index contributed by atoms with van der Waals surface area (Å²) in [6.07, 6.45) is 0.112. The van der Waals surface area contributed by atoms with Crippen molar-refractivity contribution in [3.63, 3.8) is 0 Å². The summed E-state index contributed by atoms with van der Waals surface area (Å²) in [7, 11) is 0. The quantitative estimate of drug-likeness (QED) is 0.472. The van der Waals surface area contributed by atoms with Crippen molar-refractivity contribution in [2.24, 2.45) is 5.92 Å². The van der Waals surface area contributed by atoms with Gasteiger partial charge in [0, 0.05) is 0 Å². The van der Waals surface area contributed by atoms with Crippen molar-refractivity contribution < 1.29 is 4.84 Å². The molecule has 2 atom stereocenters. The molecular weight excluding hydrogens is 306 g/mol. The molecule has 25 heavy (non-hydrogen) atoms. The zero-order chi connectivity index (χ0) is 17.3.